The lowest BCUT2D eigenvalue weighted by Gasteiger charge is -2.24. The number of aliphatic hydroxyl groups excluding tert-OH is 3. The highest BCUT2D eigenvalue weighted by Gasteiger charge is 2.55. The summed E-state index contributed by atoms with van der Waals surface area (Å²) in [6, 6.07) is 0. The predicted octanol–water partition coefficient (Wildman–Crippen LogP) is -1.42. The maximum Gasteiger partial charge on any atom is 0.190 e. The standard InChI is InChI=1S/C9H16O6/c1-9(2)14-7-5(12)6(4(11)3-10)13-8(7)15-9/h4-8,10-12H,3H2,1-2H3/t4-,5-,6-,7+,8-/m1/s1. The molecule has 0 unspecified atom stereocenters. The van der Waals surface area contributed by atoms with Crippen molar-refractivity contribution in [1.82, 2.24) is 0 Å². The van der Waals surface area contributed by atoms with Gasteiger partial charge in [0.15, 0.2) is 12.1 Å². The van der Waals surface area contributed by atoms with Crippen molar-refractivity contribution in [3.63, 3.8) is 0 Å². The Morgan fingerprint density at radius 2 is 2.00 bits per heavy atom. The zero-order valence-electron chi connectivity index (χ0n) is 8.66. The number of rotatable bonds is 2. The first kappa shape index (κ1) is 11.3. The van der Waals surface area contributed by atoms with Crippen LogP contribution in [0.1, 0.15) is 13.8 Å². The molecule has 88 valence electrons. The van der Waals surface area contributed by atoms with E-state index in [1.165, 1.54) is 0 Å². The SMILES string of the molecule is CC1(C)O[C@H]2O[C@H]([C@H](O)CO)[C@@H](O)[C@@H]2O1. The van der Waals surface area contributed by atoms with Gasteiger partial charge >= 0.3 is 0 Å². The average Bonchev–Trinajstić information content (AvgIpc) is 2.60. The molecule has 0 aromatic rings. The summed E-state index contributed by atoms with van der Waals surface area (Å²) < 4.78 is 16.1. The molecule has 5 atom stereocenters. The Hall–Kier alpha value is -0.240. The molecule has 0 radical (unpaired) electrons. The van der Waals surface area contributed by atoms with E-state index in [1.54, 1.807) is 13.8 Å². The van der Waals surface area contributed by atoms with Gasteiger partial charge in [0.2, 0.25) is 0 Å². The second-order valence-electron chi connectivity index (χ2n) is 4.31. The Bertz CT molecular complexity index is 243. The van der Waals surface area contributed by atoms with Crippen LogP contribution in [0.5, 0.6) is 0 Å². The molecule has 6 nitrogen and oxygen atoms in total. The van der Waals surface area contributed by atoms with Gasteiger partial charge < -0.3 is 29.5 Å². The van der Waals surface area contributed by atoms with Gasteiger partial charge in [0, 0.05) is 0 Å². The Balaban J connectivity index is 2.05. The molecule has 2 aliphatic rings. The molecule has 2 aliphatic heterocycles. The van der Waals surface area contributed by atoms with Crippen molar-refractivity contribution in [1.29, 1.82) is 0 Å². The number of hydrogen-bond acceptors (Lipinski definition) is 6. The van der Waals surface area contributed by atoms with Gasteiger partial charge in [0.05, 0.1) is 6.61 Å². The molecule has 0 amide bonds. The molecule has 2 heterocycles. The molecule has 0 bridgehead atoms. The van der Waals surface area contributed by atoms with Gasteiger partial charge in [-0.3, -0.25) is 0 Å². The van der Waals surface area contributed by atoms with E-state index in [2.05, 4.69) is 0 Å². The molecule has 2 rings (SSSR count). The first-order chi connectivity index (χ1) is 6.94. The minimum Gasteiger partial charge on any atom is -0.394 e. The lowest BCUT2D eigenvalue weighted by molar-refractivity contribution is -0.227. The fourth-order valence-corrected chi connectivity index (χ4v) is 1.94. The van der Waals surface area contributed by atoms with Gasteiger partial charge in [-0.15, -0.1) is 0 Å². The summed E-state index contributed by atoms with van der Waals surface area (Å²) in [6.45, 7) is 2.97. The summed E-state index contributed by atoms with van der Waals surface area (Å²) in [6.07, 6.45) is -4.26. The van der Waals surface area contributed by atoms with E-state index in [0.29, 0.717) is 0 Å². The van der Waals surface area contributed by atoms with Crippen molar-refractivity contribution in [3.8, 4) is 0 Å². The lowest BCUT2D eigenvalue weighted by atomic mass is 10.1. The summed E-state index contributed by atoms with van der Waals surface area (Å²) in [5.74, 6) is -0.786. The number of fused-ring (bicyclic) bond motifs is 1. The van der Waals surface area contributed by atoms with E-state index in [0.717, 1.165) is 0 Å². The predicted molar refractivity (Wildman–Crippen MR) is 47.8 cm³/mol. The molecular formula is C9H16O6. The highest BCUT2D eigenvalue weighted by Crippen LogP contribution is 2.38. The van der Waals surface area contributed by atoms with Gasteiger partial charge in [-0.25, -0.2) is 0 Å². The molecule has 0 aliphatic carbocycles. The van der Waals surface area contributed by atoms with Crippen LogP contribution in [-0.2, 0) is 14.2 Å². The summed E-state index contributed by atoms with van der Waals surface area (Å²) >= 11 is 0. The molecule has 2 saturated heterocycles. The quantitative estimate of drug-likeness (QED) is 0.529. The summed E-state index contributed by atoms with van der Waals surface area (Å²) in [5.41, 5.74) is 0. The fourth-order valence-electron chi connectivity index (χ4n) is 1.94. The zero-order valence-corrected chi connectivity index (χ0v) is 8.66. The highest BCUT2D eigenvalue weighted by molar-refractivity contribution is 4.95. The number of hydrogen-bond donors (Lipinski definition) is 3. The van der Waals surface area contributed by atoms with Gasteiger partial charge in [-0.1, -0.05) is 0 Å². The Morgan fingerprint density at radius 1 is 1.33 bits per heavy atom. The minimum absolute atomic E-state index is 0.468. The maximum atomic E-state index is 9.79. The third kappa shape index (κ3) is 1.89. The monoisotopic (exact) mass is 220 g/mol. The second kappa shape index (κ2) is 3.65. The van der Waals surface area contributed by atoms with Crippen LogP contribution in [0.4, 0.5) is 0 Å². The third-order valence-corrected chi connectivity index (χ3v) is 2.62. The first-order valence-electron chi connectivity index (χ1n) is 4.93. The zero-order chi connectivity index (χ0) is 11.2. The van der Waals surface area contributed by atoms with Crippen molar-refractivity contribution >= 4 is 0 Å². The maximum absolute atomic E-state index is 9.79. The summed E-state index contributed by atoms with van der Waals surface area (Å²) in [5, 5.41) is 27.9. The molecule has 0 saturated carbocycles. The molecule has 15 heavy (non-hydrogen) atoms. The molecule has 6 heteroatoms. The highest BCUT2D eigenvalue weighted by atomic mass is 16.8. The van der Waals surface area contributed by atoms with Crippen LogP contribution in [0.3, 0.4) is 0 Å². The van der Waals surface area contributed by atoms with Crippen molar-refractivity contribution in [3.05, 3.63) is 0 Å². The Morgan fingerprint density at radius 3 is 2.53 bits per heavy atom. The summed E-state index contributed by atoms with van der Waals surface area (Å²) in [4.78, 5) is 0. The van der Waals surface area contributed by atoms with Crippen molar-refractivity contribution in [2.24, 2.45) is 0 Å². The van der Waals surface area contributed by atoms with E-state index < -0.39 is 43.1 Å². The molecule has 0 aromatic carbocycles. The van der Waals surface area contributed by atoms with Crippen molar-refractivity contribution in [2.45, 2.75) is 50.3 Å². The van der Waals surface area contributed by atoms with E-state index in [-0.39, 0.29) is 0 Å². The molecule has 2 fully saturated rings. The second-order valence-corrected chi connectivity index (χ2v) is 4.31. The van der Waals surface area contributed by atoms with Gasteiger partial charge in [-0.2, -0.15) is 0 Å². The molecule has 3 N–H and O–H groups in total. The molecule has 0 spiro atoms. The van der Waals surface area contributed by atoms with Gasteiger partial charge in [0.25, 0.3) is 0 Å². The molecule has 0 aromatic heterocycles. The topological polar surface area (TPSA) is 88.4 Å². The van der Waals surface area contributed by atoms with Crippen LogP contribution in [0.15, 0.2) is 0 Å². The number of aliphatic hydroxyl groups is 3. The average molecular weight is 220 g/mol. The van der Waals surface area contributed by atoms with Crippen LogP contribution in [0, 0.1) is 0 Å². The normalized spacial score (nSPS) is 45.4. The van der Waals surface area contributed by atoms with E-state index in [9.17, 15) is 10.2 Å². The lowest BCUT2D eigenvalue weighted by Crippen LogP contribution is -2.42. The van der Waals surface area contributed by atoms with E-state index in [4.69, 9.17) is 19.3 Å². The largest absolute Gasteiger partial charge is 0.394 e. The minimum atomic E-state index is -1.12. The fraction of sp³-hybridized carbons (Fsp3) is 1.00. The first-order valence-corrected chi connectivity index (χ1v) is 4.93. The smallest absolute Gasteiger partial charge is 0.190 e. The van der Waals surface area contributed by atoms with E-state index >= 15 is 0 Å². The van der Waals surface area contributed by atoms with Gasteiger partial charge in [0.1, 0.15) is 24.4 Å². The van der Waals surface area contributed by atoms with Crippen LogP contribution >= 0.6 is 0 Å². The molecular weight excluding hydrogens is 204 g/mol. The Kier molecular flexibility index (Phi) is 2.74. The van der Waals surface area contributed by atoms with Crippen LogP contribution in [0.25, 0.3) is 0 Å². The number of ether oxygens (including phenoxy) is 3. The van der Waals surface area contributed by atoms with Crippen LogP contribution in [0.2, 0.25) is 0 Å². The van der Waals surface area contributed by atoms with Crippen molar-refractivity contribution < 1.29 is 29.5 Å². The van der Waals surface area contributed by atoms with Gasteiger partial charge in [-0.05, 0) is 13.8 Å². The van der Waals surface area contributed by atoms with Crippen molar-refractivity contribution in [2.75, 3.05) is 6.61 Å². The third-order valence-electron chi connectivity index (χ3n) is 2.62. The van der Waals surface area contributed by atoms with Crippen LogP contribution < -0.4 is 0 Å². The van der Waals surface area contributed by atoms with Crippen LogP contribution in [-0.4, -0.2) is 58.4 Å². The van der Waals surface area contributed by atoms with E-state index in [1.807, 2.05) is 0 Å². The summed E-state index contributed by atoms with van der Waals surface area (Å²) in [7, 11) is 0. The Labute approximate surface area is 87.4 Å².